The fourth-order valence-electron chi connectivity index (χ4n) is 2.59. The van der Waals surface area contributed by atoms with E-state index < -0.39 is 0 Å². The van der Waals surface area contributed by atoms with Crippen molar-refractivity contribution in [2.45, 2.75) is 17.2 Å². The zero-order chi connectivity index (χ0) is 13.9. The van der Waals surface area contributed by atoms with Gasteiger partial charge in [0.1, 0.15) is 11.5 Å². The predicted octanol–water partition coefficient (Wildman–Crippen LogP) is 3.70. The highest BCUT2D eigenvalue weighted by atomic mass is 32.2. The van der Waals surface area contributed by atoms with Crippen LogP contribution in [-0.4, -0.2) is 18.6 Å². The quantitative estimate of drug-likeness (QED) is 0.856. The summed E-state index contributed by atoms with van der Waals surface area (Å²) < 4.78 is 5.32. The first-order valence-corrected chi connectivity index (χ1v) is 7.64. The average Bonchev–Trinajstić information content (AvgIpc) is 2.92. The third-order valence-electron chi connectivity index (χ3n) is 3.65. The first kappa shape index (κ1) is 13.3. The van der Waals surface area contributed by atoms with Gasteiger partial charge < -0.3 is 4.74 Å². The second-order valence-electron chi connectivity index (χ2n) is 4.86. The van der Waals surface area contributed by atoms with E-state index in [4.69, 9.17) is 4.74 Å². The number of ether oxygens (including phenoxy) is 1. The topological polar surface area (TPSA) is 26.3 Å². The summed E-state index contributed by atoms with van der Waals surface area (Å²) >= 11 is 1.77. The van der Waals surface area contributed by atoms with Gasteiger partial charge in [0.25, 0.3) is 0 Å². The van der Waals surface area contributed by atoms with Crippen LogP contribution in [0.2, 0.25) is 0 Å². The van der Waals surface area contributed by atoms with E-state index in [2.05, 4.69) is 12.1 Å². The van der Waals surface area contributed by atoms with Gasteiger partial charge in [0.2, 0.25) is 0 Å². The van der Waals surface area contributed by atoms with E-state index in [1.54, 1.807) is 18.9 Å². The van der Waals surface area contributed by atoms with Crippen LogP contribution >= 0.6 is 11.8 Å². The molecule has 0 aliphatic carbocycles. The van der Waals surface area contributed by atoms with E-state index in [0.29, 0.717) is 6.42 Å². The Balaban J connectivity index is 1.81. The monoisotopic (exact) mass is 284 g/mol. The van der Waals surface area contributed by atoms with Crippen molar-refractivity contribution in [1.82, 2.24) is 0 Å². The molecule has 0 amide bonds. The molecule has 1 heterocycles. The number of rotatable bonds is 4. The lowest BCUT2D eigenvalue weighted by molar-refractivity contribution is -0.119. The van der Waals surface area contributed by atoms with Gasteiger partial charge in [-0.2, -0.15) is 0 Å². The Morgan fingerprint density at radius 1 is 1.20 bits per heavy atom. The van der Waals surface area contributed by atoms with E-state index in [9.17, 15) is 4.79 Å². The highest BCUT2D eigenvalue weighted by molar-refractivity contribution is 7.99. The van der Waals surface area contributed by atoms with Gasteiger partial charge >= 0.3 is 0 Å². The molecule has 0 fully saturated rings. The molecule has 2 nitrogen and oxygen atoms in total. The minimum atomic E-state index is 0.0149. The fourth-order valence-corrected chi connectivity index (χ4v) is 3.85. The van der Waals surface area contributed by atoms with Crippen molar-refractivity contribution < 1.29 is 9.53 Å². The van der Waals surface area contributed by atoms with Gasteiger partial charge in [-0.15, -0.1) is 11.8 Å². The first-order valence-electron chi connectivity index (χ1n) is 6.66. The van der Waals surface area contributed by atoms with Crippen LogP contribution in [0.3, 0.4) is 0 Å². The number of hydrogen-bond donors (Lipinski definition) is 0. The molecule has 1 aliphatic rings. The number of Topliss-reactive ketones (excluding diaryl/α,β-unsaturated/α-hetero) is 1. The molecule has 3 rings (SSSR count). The van der Waals surface area contributed by atoms with Crippen LogP contribution in [0.15, 0.2) is 53.4 Å². The summed E-state index contributed by atoms with van der Waals surface area (Å²) in [6.07, 6.45) is 0.434. The Bertz CT molecular complexity index is 636. The molecule has 0 spiro atoms. The van der Waals surface area contributed by atoms with Crippen molar-refractivity contribution in [3.05, 3.63) is 59.7 Å². The van der Waals surface area contributed by atoms with Crippen LogP contribution in [0, 0.1) is 0 Å². The van der Waals surface area contributed by atoms with Crippen LogP contribution in [0.5, 0.6) is 5.75 Å². The van der Waals surface area contributed by atoms with E-state index in [1.807, 2.05) is 36.4 Å². The maximum atomic E-state index is 12.6. The molecule has 0 aromatic heterocycles. The SMILES string of the molecule is COc1ccccc1CC(=O)C1CSc2ccccc21. The third-order valence-corrected chi connectivity index (χ3v) is 4.83. The van der Waals surface area contributed by atoms with Crippen molar-refractivity contribution >= 4 is 17.5 Å². The number of fused-ring (bicyclic) bond motifs is 1. The molecule has 0 radical (unpaired) electrons. The fraction of sp³-hybridized carbons (Fsp3) is 0.235. The molecule has 1 unspecified atom stereocenters. The number of methoxy groups -OCH3 is 1. The first-order chi connectivity index (χ1) is 9.79. The lowest BCUT2D eigenvalue weighted by atomic mass is 9.92. The van der Waals surface area contributed by atoms with Gasteiger partial charge in [-0.25, -0.2) is 0 Å². The van der Waals surface area contributed by atoms with Gasteiger partial charge in [0.05, 0.1) is 13.0 Å². The molecule has 0 bridgehead atoms. The highest BCUT2D eigenvalue weighted by Crippen LogP contribution is 2.40. The zero-order valence-electron chi connectivity index (χ0n) is 11.3. The Labute approximate surface area is 123 Å². The summed E-state index contributed by atoms with van der Waals surface area (Å²) in [6.45, 7) is 0. The van der Waals surface area contributed by atoms with Crippen molar-refractivity contribution in [2.75, 3.05) is 12.9 Å². The second kappa shape index (κ2) is 5.71. The molecule has 3 heteroatoms. The van der Waals surface area contributed by atoms with Gasteiger partial charge in [0.15, 0.2) is 0 Å². The van der Waals surface area contributed by atoms with Crippen molar-refractivity contribution in [2.24, 2.45) is 0 Å². The molecule has 1 atom stereocenters. The number of hydrogen-bond acceptors (Lipinski definition) is 3. The Morgan fingerprint density at radius 2 is 1.95 bits per heavy atom. The van der Waals surface area contributed by atoms with Gasteiger partial charge in [-0.1, -0.05) is 36.4 Å². The molecule has 0 N–H and O–H groups in total. The second-order valence-corrected chi connectivity index (χ2v) is 5.92. The highest BCUT2D eigenvalue weighted by Gasteiger charge is 2.29. The summed E-state index contributed by atoms with van der Waals surface area (Å²) in [5, 5.41) is 0. The van der Waals surface area contributed by atoms with E-state index >= 15 is 0 Å². The predicted molar refractivity (Wildman–Crippen MR) is 81.6 cm³/mol. The summed E-state index contributed by atoms with van der Waals surface area (Å²) in [5.41, 5.74) is 2.15. The third kappa shape index (κ3) is 2.46. The molecule has 0 saturated carbocycles. The van der Waals surface area contributed by atoms with E-state index in [-0.39, 0.29) is 11.7 Å². The smallest absolute Gasteiger partial charge is 0.145 e. The van der Waals surface area contributed by atoms with Gasteiger partial charge in [0, 0.05) is 22.6 Å². The maximum absolute atomic E-state index is 12.6. The summed E-state index contributed by atoms with van der Waals surface area (Å²) in [4.78, 5) is 13.8. The largest absolute Gasteiger partial charge is 0.496 e. The molecule has 1 aliphatic heterocycles. The van der Waals surface area contributed by atoms with Crippen LogP contribution in [0.25, 0.3) is 0 Å². The number of ketones is 1. The summed E-state index contributed by atoms with van der Waals surface area (Å²) in [7, 11) is 1.64. The number of carbonyl (C=O) groups is 1. The van der Waals surface area contributed by atoms with Crippen molar-refractivity contribution in [3.8, 4) is 5.75 Å². The number of benzene rings is 2. The minimum absolute atomic E-state index is 0.0149. The van der Waals surface area contributed by atoms with Gasteiger partial charge in [-0.05, 0) is 17.7 Å². The van der Waals surface area contributed by atoms with E-state index in [1.165, 1.54) is 10.5 Å². The normalized spacial score (nSPS) is 16.8. The lowest BCUT2D eigenvalue weighted by Gasteiger charge is -2.12. The van der Waals surface area contributed by atoms with Crippen molar-refractivity contribution in [1.29, 1.82) is 0 Å². The number of para-hydroxylation sites is 1. The molecular formula is C17H16O2S. The molecule has 0 saturated heterocycles. The summed E-state index contributed by atoms with van der Waals surface area (Å²) in [5.74, 6) is 1.93. The number of carbonyl (C=O) groups excluding carboxylic acids is 1. The molecule has 2 aromatic carbocycles. The standard InChI is InChI=1S/C17H16O2S/c1-19-16-8-4-2-6-12(16)10-15(18)14-11-20-17-9-5-3-7-13(14)17/h2-9,14H,10-11H2,1H3. The van der Waals surface area contributed by atoms with Crippen LogP contribution < -0.4 is 4.74 Å². The molecule has 20 heavy (non-hydrogen) atoms. The minimum Gasteiger partial charge on any atom is -0.496 e. The molecule has 102 valence electrons. The molecule has 2 aromatic rings. The van der Waals surface area contributed by atoms with E-state index in [0.717, 1.165) is 17.1 Å². The maximum Gasteiger partial charge on any atom is 0.145 e. The van der Waals surface area contributed by atoms with Gasteiger partial charge in [-0.3, -0.25) is 4.79 Å². The summed E-state index contributed by atoms with van der Waals surface area (Å²) in [6, 6.07) is 15.9. The average molecular weight is 284 g/mol. The molecular weight excluding hydrogens is 268 g/mol. The zero-order valence-corrected chi connectivity index (χ0v) is 12.2. The number of thioether (sulfide) groups is 1. The van der Waals surface area contributed by atoms with Crippen molar-refractivity contribution in [3.63, 3.8) is 0 Å². The Kier molecular flexibility index (Phi) is 3.79. The Morgan fingerprint density at radius 3 is 2.80 bits per heavy atom. The lowest BCUT2D eigenvalue weighted by Crippen LogP contribution is -2.15. The Hall–Kier alpha value is -1.74. The van der Waals surface area contributed by atoms with Crippen LogP contribution in [0.4, 0.5) is 0 Å². The van der Waals surface area contributed by atoms with Crippen LogP contribution in [0.1, 0.15) is 17.0 Å². The van der Waals surface area contributed by atoms with Crippen LogP contribution in [-0.2, 0) is 11.2 Å².